The van der Waals surface area contributed by atoms with Gasteiger partial charge in [0.15, 0.2) is 0 Å². The van der Waals surface area contributed by atoms with Crippen LogP contribution < -0.4 is 9.80 Å². The average molecular weight is 299 g/mol. The number of nitrogens with zero attached hydrogens (tertiary/aromatic N) is 3. The highest BCUT2D eigenvalue weighted by Crippen LogP contribution is 2.37. The lowest BCUT2D eigenvalue weighted by molar-refractivity contribution is 0.0950. The third kappa shape index (κ3) is 2.47. The van der Waals surface area contributed by atoms with Crippen molar-refractivity contribution in [2.75, 3.05) is 22.9 Å². The lowest BCUT2D eigenvalue weighted by Crippen LogP contribution is -2.51. The van der Waals surface area contributed by atoms with Crippen LogP contribution in [0.1, 0.15) is 37.0 Å². The molecule has 5 heteroatoms. The number of carbonyl (C=O) groups is 1. The van der Waals surface area contributed by atoms with Gasteiger partial charge in [0, 0.05) is 24.7 Å². The van der Waals surface area contributed by atoms with Crippen molar-refractivity contribution in [1.29, 1.82) is 0 Å². The summed E-state index contributed by atoms with van der Waals surface area (Å²) in [5, 5.41) is 3.81. The Kier molecular flexibility index (Phi) is 3.43. The molecule has 0 bridgehead atoms. The van der Waals surface area contributed by atoms with Gasteiger partial charge in [-0.05, 0) is 39.8 Å². The molecule has 2 heterocycles. The summed E-state index contributed by atoms with van der Waals surface area (Å²) in [6, 6.07) is 9.68. The number of benzene rings is 1. The molecule has 0 radical (unpaired) electrons. The van der Waals surface area contributed by atoms with Crippen LogP contribution in [0, 0.1) is 6.92 Å². The zero-order valence-electron chi connectivity index (χ0n) is 13.5. The Labute approximate surface area is 130 Å². The molecule has 0 unspecified atom stereocenters. The monoisotopic (exact) mass is 299 g/mol. The van der Waals surface area contributed by atoms with Gasteiger partial charge in [0.1, 0.15) is 0 Å². The molecule has 0 spiro atoms. The Morgan fingerprint density at radius 1 is 1.18 bits per heavy atom. The summed E-state index contributed by atoms with van der Waals surface area (Å²) in [6.45, 7) is 9.78. The van der Waals surface area contributed by atoms with Crippen molar-refractivity contribution in [3.63, 3.8) is 0 Å². The van der Waals surface area contributed by atoms with E-state index in [-0.39, 0.29) is 17.2 Å². The molecule has 1 aromatic carbocycles. The van der Waals surface area contributed by atoms with E-state index >= 15 is 0 Å². The van der Waals surface area contributed by atoms with Crippen LogP contribution in [0.25, 0.3) is 0 Å². The fraction of sp³-hybridized carbons (Fsp3) is 0.412. The minimum absolute atomic E-state index is 0.00800. The smallest absolute Gasteiger partial charge is 0.297 e. The Morgan fingerprint density at radius 3 is 2.45 bits per heavy atom. The number of para-hydroxylation sites is 2. The van der Waals surface area contributed by atoms with Gasteiger partial charge in [-0.15, -0.1) is 0 Å². The van der Waals surface area contributed by atoms with Gasteiger partial charge >= 0.3 is 0 Å². The maximum atomic E-state index is 12.7. The number of hydrogen-bond donors (Lipinski definition) is 0. The highest BCUT2D eigenvalue weighted by molar-refractivity contribution is 6.06. The van der Waals surface area contributed by atoms with Crippen LogP contribution in [-0.4, -0.2) is 29.7 Å². The fourth-order valence-electron chi connectivity index (χ4n) is 2.87. The molecule has 116 valence electrons. The van der Waals surface area contributed by atoms with E-state index in [1.54, 1.807) is 11.0 Å². The van der Waals surface area contributed by atoms with Crippen LogP contribution in [0.15, 0.2) is 34.9 Å². The number of anilines is 2. The number of carbonyl (C=O) groups excluding carboxylic acids is 1. The molecule has 22 heavy (non-hydrogen) atoms. The van der Waals surface area contributed by atoms with Crippen molar-refractivity contribution in [3.8, 4) is 0 Å². The second kappa shape index (κ2) is 5.16. The topological polar surface area (TPSA) is 49.6 Å². The molecule has 1 aromatic heterocycles. The van der Waals surface area contributed by atoms with Crippen LogP contribution in [0.2, 0.25) is 0 Å². The summed E-state index contributed by atoms with van der Waals surface area (Å²) >= 11 is 0. The first-order valence-electron chi connectivity index (χ1n) is 7.50. The maximum absolute atomic E-state index is 12.7. The molecule has 2 aromatic rings. The summed E-state index contributed by atoms with van der Waals surface area (Å²) in [6.07, 6.45) is 0. The van der Waals surface area contributed by atoms with Gasteiger partial charge < -0.3 is 14.3 Å². The number of rotatable bonds is 1. The molecule has 5 nitrogen and oxygen atoms in total. The third-order valence-electron chi connectivity index (χ3n) is 3.90. The Balaban J connectivity index is 2.00. The van der Waals surface area contributed by atoms with Crippen LogP contribution >= 0.6 is 0 Å². The minimum Gasteiger partial charge on any atom is -0.363 e. The van der Waals surface area contributed by atoms with Gasteiger partial charge in [0.05, 0.1) is 17.1 Å². The second-order valence-electron chi connectivity index (χ2n) is 6.60. The summed E-state index contributed by atoms with van der Waals surface area (Å²) in [5.74, 6) is 0.151. The summed E-state index contributed by atoms with van der Waals surface area (Å²) < 4.78 is 5.13. The molecular formula is C17H21N3O2. The SMILES string of the molecule is Cc1cc(C(=O)N2CCN(C(C)(C)C)c3ccccc32)on1. The molecule has 1 amide bonds. The van der Waals surface area contributed by atoms with E-state index in [0.717, 1.165) is 17.9 Å². The van der Waals surface area contributed by atoms with Crippen molar-refractivity contribution in [2.45, 2.75) is 33.2 Å². The van der Waals surface area contributed by atoms with Crippen LogP contribution in [-0.2, 0) is 0 Å². The zero-order chi connectivity index (χ0) is 15.9. The first kappa shape index (κ1) is 14.6. The Morgan fingerprint density at radius 2 is 1.86 bits per heavy atom. The average Bonchev–Trinajstić information content (AvgIpc) is 2.91. The van der Waals surface area contributed by atoms with Gasteiger partial charge in [-0.3, -0.25) is 4.79 Å². The zero-order valence-corrected chi connectivity index (χ0v) is 13.5. The molecule has 0 aliphatic carbocycles. The Hall–Kier alpha value is -2.30. The van der Waals surface area contributed by atoms with E-state index in [1.165, 1.54) is 0 Å². The predicted octanol–water partition coefficient (Wildman–Crippen LogP) is 3.25. The molecule has 1 aliphatic heterocycles. The molecule has 0 atom stereocenters. The molecule has 0 saturated heterocycles. The molecule has 0 saturated carbocycles. The number of amides is 1. The van der Waals surface area contributed by atoms with Crippen molar-refractivity contribution >= 4 is 17.3 Å². The minimum atomic E-state index is -0.137. The van der Waals surface area contributed by atoms with Crippen molar-refractivity contribution < 1.29 is 9.32 Å². The fourth-order valence-corrected chi connectivity index (χ4v) is 2.87. The molecule has 1 aliphatic rings. The van der Waals surface area contributed by atoms with Gasteiger partial charge in [-0.25, -0.2) is 0 Å². The maximum Gasteiger partial charge on any atom is 0.297 e. The van der Waals surface area contributed by atoms with E-state index in [1.807, 2.05) is 25.1 Å². The van der Waals surface area contributed by atoms with Gasteiger partial charge in [0.25, 0.3) is 5.91 Å². The summed E-state index contributed by atoms with van der Waals surface area (Å²) in [5.41, 5.74) is 2.71. The number of aryl methyl sites for hydroxylation is 1. The molecule has 0 fully saturated rings. The van der Waals surface area contributed by atoms with E-state index in [2.05, 4.69) is 36.9 Å². The lowest BCUT2D eigenvalue weighted by atomic mass is 10.0. The Bertz CT molecular complexity index is 700. The van der Waals surface area contributed by atoms with Crippen LogP contribution in [0.3, 0.4) is 0 Å². The van der Waals surface area contributed by atoms with Crippen molar-refractivity contribution in [1.82, 2.24) is 5.16 Å². The normalized spacial score (nSPS) is 14.9. The number of fused-ring (bicyclic) bond motifs is 1. The largest absolute Gasteiger partial charge is 0.363 e. The highest BCUT2D eigenvalue weighted by Gasteiger charge is 2.33. The first-order chi connectivity index (χ1) is 10.4. The predicted molar refractivity (Wildman–Crippen MR) is 86.5 cm³/mol. The van der Waals surface area contributed by atoms with E-state index in [4.69, 9.17) is 4.52 Å². The summed E-state index contributed by atoms with van der Waals surface area (Å²) in [7, 11) is 0. The van der Waals surface area contributed by atoms with E-state index < -0.39 is 0 Å². The molecule has 3 rings (SSSR count). The first-order valence-corrected chi connectivity index (χ1v) is 7.50. The standard InChI is InChI=1S/C17H21N3O2/c1-12-11-15(22-18-12)16(21)19-9-10-20(17(2,3)4)14-8-6-5-7-13(14)19/h5-8,11H,9-10H2,1-4H3. The van der Waals surface area contributed by atoms with E-state index in [0.29, 0.717) is 12.2 Å². The van der Waals surface area contributed by atoms with Gasteiger partial charge in [-0.2, -0.15) is 0 Å². The second-order valence-corrected chi connectivity index (χ2v) is 6.60. The van der Waals surface area contributed by atoms with Crippen molar-refractivity contribution in [3.05, 3.63) is 41.8 Å². The number of aromatic nitrogens is 1. The number of hydrogen-bond acceptors (Lipinski definition) is 4. The lowest BCUT2D eigenvalue weighted by Gasteiger charge is -2.44. The van der Waals surface area contributed by atoms with Crippen LogP contribution in [0.5, 0.6) is 0 Å². The molecular weight excluding hydrogens is 278 g/mol. The quantitative estimate of drug-likeness (QED) is 0.811. The van der Waals surface area contributed by atoms with Gasteiger partial charge in [-0.1, -0.05) is 17.3 Å². The van der Waals surface area contributed by atoms with Crippen LogP contribution in [0.4, 0.5) is 11.4 Å². The highest BCUT2D eigenvalue weighted by atomic mass is 16.5. The van der Waals surface area contributed by atoms with Crippen molar-refractivity contribution in [2.24, 2.45) is 0 Å². The molecule has 0 N–H and O–H groups in total. The third-order valence-corrected chi connectivity index (χ3v) is 3.90. The van der Waals surface area contributed by atoms with E-state index in [9.17, 15) is 4.79 Å². The summed E-state index contributed by atoms with van der Waals surface area (Å²) in [4.78, 5) is 16.8. The van der Waals surface area contributed by atoms with Gasteiger partial charge in [0.2, 0.25) is 5.76 Å².